The average Bonchev–Trinajstić information content (AvgIpc) is 2.22. The minimum Gasteiger partial charge on any atom is -0.236 e. The van der Waals surface area contributed by atoms with E-state index in [4.69, 9.17) is 11.6 Å². The molecule has 0 bridgehead atoms. The number of para-hydroxylation sites is 1. The predicted octanol–water partition coefficient (Wildman–Crippen LogP) is 3.95. The summed E-state index contributed by atoms with van der Waals surface area (Å²) < 4.78 is 0. The summed E-state index contributed by atoms with van der Waals surface area (Å²) in [6.07, 6.45) is 1.46. The smallest absolute Gasteiger partial charge is 0.140 e. The van der Waals surface area contributed by atoms with Crippen LogP contribution in [0.3, 0.4) is 0 Å². The van der Waals surface area contributed by atoms with Crippen LogP contribution in [0.5, 0.6) is 0 Å². The molecular weight excluding hydrogens is 196 g/mol. The maximum absolute atomic E-state index is 5.81. The van der Waals surface area contributed by atoms with Crippen molar-refractivity contribution >= 4 is 22.5 Å². The summed E-state index contributed by atoms with van der Waals surface area (Å²) in [6.45, 7) is 4.00. The molecule has 0 saturated carbocycles. The van der Waals surface area contributed by atoms with Crippen LogP contribution >= 0.6 is 11.6 Å². The van der Waals surface area contributed by atoms with Crippen LogP contribution in [0.15, 0.2) is 30.6 Å². The zero-order valence-electron chi connectivity index (χ0n) is 7.66. The molecule has 0 saturated heterocycles. The third-order valence-electron chi connectivity index (χ3n) is 1.49. The topological polar surface area (TPSA) is 25.8 Å². The van der Waals surface area contributed by atoms with Crippen molar-refractivity contribution in [1.82, 2.24) is 9.97 Å². The first-order chi connectivity index (χ1) is 6.38. The van der Waals surface area contributed by atoms with E-state index >= 15 is 0 Å². The first kappa shape index (κ1) is 12.8. The Bertz CT molecular complexity index is 382. The van der Waals surface area contributed by atoms with Crippen molar-refractivity contribution < 1.29 is 0 Å². The molecule has 0 aliphatic heterocycles. The summed E-state index contributed by atoms with van der Waals surface area (Å²) in [5, 5.41) is 1.41. The number of benzene rings is 1. The molecule has 0 unspecified atom stereocenters. The maximum atomic E-state index is 5.81. The lowest BCUT2D eigenvalue weighted by atomic mass is 10.2. The molecule has 1 heterocycles. The Morgan fingerprint density at radius 1 is 1.07 bits per heavy atom. The number of fused-ring (bicyclic) bond motifs is 1. The molecule has 0 fully saturated rings. The molecule has 2 rings (SSSR count). The Kier molecular flexibility index (Phi) is 5.81. The molecule has 14 heavy (non-hydrogen) atoms. The number of rotatable bonds is 0. The number of halogens is 1. The fourth-order valence-corrected chi connectivity index (χ4v) is 1.18. The number of hydrogen-bond donors (Lipinski definition) is 0. The second-order valence-electron chi connectivity index (χ2n) is 2.18. The lowest BCUT2D eigenvalue weighted by molar-refractivity contribution is 1.22. The SMILES string of the molecule is C.CC.Clc1ncnc2ccccc12. The molecule has 0 aliphatic rings. The van der Waals surface area contributed by atoms with Gasteiger partial charge in [-0.1, -0.05) is 45.0 Å². The van der Waals surface area contributed by atoms with Gasteiger partial charge in [-0.05, 0) is 12.1 Å². The van der Waals surface area contributed by atoms with E-state index in [2.05, 4.69) is 9.97 Å². The highest BCUT2D eigenvalue weighted by Gasteiger charge is 1.96. The highest BCUT2D eigenvalue weighted by molar-refractivity contribution is 6.33. The number of nitrogens with zero attached hydrogens (tertiary/aromatic N) is 2. The Hall–Kier alpha value is -1.15. The first-order valence-corrected chi connectivity index (χ1v) is 4.61. The molecule has 2 aromatic rings. The largest absolute Gasteiger partial charge is 0.236 e. The molecule has 1 aromatic heterocycles. The zero-order chi connectivity index (χ0) is 9.68. The Labute approximate surface area is 90.0 Å². The number of hydrogen-bond acceptors (Lipinski definition) is 2. The van der Waals surface area contributed by atoms with Crippen molar-refractivity contribution in [2.45, 2.75) is 21.3 Å². The van der Waals surface area contributed by atoms with Crippen LogP contribution in [0.1, 0.15) is 21.3 Å². The van der Waals surface area contributed by atoms with Gasteiger partial charge in [-0.2, -0.15) is 0 Å². The van der Waals surface area contributed by atoms with Crippen LogP contribution in [0, 0.1) is 0 Å². The van der Waals surface area contributed by atoms with E-state index in [0.717, 1.165) is 10.9 Å². The minimum atomic E-state index is 0. The molecule has 1 aromatic carbocycles. The molecule has 0 radical (unpaired) electrons. The maximum Gasteiger partial charge on any atom is 0.140 e. The summed E-state index contributed by atoms with van der Waals surface area (Å²) in [6, 6.07) is 7.64. The second-order valence-corrected chi connectivity index (χ2v) is 2.54. The fraction of sp³-hybridized carbons (Fsp3) is 0.273. The molecule has 2 nitrogen and oxygen atoms in total. The van der Waals surface area contributed by atoms with E-state index < -0.39 is 0 Å². The van der Waals surface area contributed by atoms with Crippen LogP contribution in [0.25, 0.3) is 10.9 Å². The van der Waals surface area contributed by atoms with Gasteiger partial charge < -0.3 is 0 Å². The Morgan fingerprint density at radius 3 is 2.36 bits per heavy atom. The van der Waals surface area contributed by atoms with Gasteiger partial charge in [0, 0.05) is 5.39 Å². The quantitative estimate of drug-likeness (QED) is 0.616. The molecule has 0 aliphatic carbocycles. The van der Waals surface area contributed by atoms with Crippen LogP contribution in [-0.4, -0.2) is 9.97 Å². The number of aromatic nitrogens is 2. The molecule has 0 N–H and O–H groups in total. The van der Waals surface area contributed by atoms with Crippen molar-refractivity contribution in [3.05, 3.63) is 35.7 Å². The lowest BCUT2D eigenvalue weighted by Crippen LogP contribution is -1.81. The molecule has 0 spiro atoms. The third-order valence-corrected chi connectivity index (χ3v) is 1.80. The molecule has 0 atom stereocenters. The summed E-state index contributed by atoms with van der Waals surface area (Å²) in [7, 11) is 0. The van der Waals surface area contributed by atoms with E-state index in [1.54, 1.807) is 0 Å². The van der Waals surface area contributed by atoms with Crippen molar-refractivity contribution in [3.8, 4) is 0 Å². The summed E-state index contributed by atoms with van der Waals surface area (Å²) in [4.78, 5) is 7.91. The van der Waals surface area contributed by atoms with Gasteiger partial charge in [0.05, 0.1) is 5.52 Å². The van der Waals surface area contributed by atoms with Gasteiger partial charge in [0.15, 0.2) is 0 Å². The standard InChI is InChI=1S/C8H5ClN2.C2H6.CH4/c9-8-6-3-1-2-4-7(6)10-5-11-8;1-2;/h1-5H;1-2H3;1H4. The summed E-state index contributed by atoms with van der Waals surface area (Å²) >= 11 is 5.81. The summed E-state index contributed by atoms with van der Waals surface area (Å²) in [5.41, 5.74) is 0.882. The van der Waals surface area contributed by atoms with Crippen molar-refractivity contribution in [2.75, 3.05) is 0 Å². The van der Waals surface area contributed by atoms with Crippen LogP contribution in [0.2, 0.25) is 5.15 Å². The van der Waals surface area contributed by atoms with E-state index in [-0.39, 0.29) is 7.43 Å². The van der Waals surface area contributed by atoms with E-state index in [1.165, 1.54) is 6.33 Å². The lowest BCUT2D eigenvalue weighted by Gasteiger charge is -1.95. The Morgan fingerprint density at radius 2 is 1.71 bits per heavy atom. The van der Waals surface area contributed by atoms with Gasteiger partial charge in [-0.15, -0.1) is 0 Å². The van der Waals surface area contributed by atoms with Crippen molar-refractivity contribution in [3.63, 3.8) is 0 Å². The monoisotopic (exact) mass is 210 g/mol. The zero-order valence-corrected chi connectivity index (χ0v) is 8.42. The highest BCUT2D eigenvalue weighted by atomic mass is 35.5. The van der Waals surface area contributed by atoms with Gasteiger partial charge in [-0.3, -0.25) is 0 Å². The van der Waals surface area contributed by atoms with E-state index in [0.29, 0.717) is 5.15 Å². The highest BCUT2D eigenvalue weighted by Crippen LogP contribution is 2.17. The molecule has 0 amide bonds. The summed E-state index contributed by atoms with van der Waals surface area (Å²) in [5.74, 6) is 0. The predicted molar refractivity (Wildman–Crippen MR) is 62.6 cm³/mol. The second kappa shape index (κ2) is 6.33. The van der Waals surface area contributed by atoms with Gasteiger partial charge >= 0.3 is 0 Å². The van der Waals surface area contributed by atoms with Crippen LogP contribution < -0.4 is 0 Å². The first-order valence-electron chi connectivity index (χ1n) is 4.23. The minimum absolute atomic E-state index is 0. The average molecular weight is 211 g/mol. The van der Waals surface area contributed by atoms with Crippen LogP contribution in [0.4, 0.5) is 0 Å². The van der Waals surface area contributed by atoms with Gasteiger partial charge in [0.25, 0.3) is 0 Å². The van der Waals surface area contributed by atoms with E-state index in [1.807, 2.05) is 38.1 Å². The molecule has 3 heteroatoms. The third kappa shape index (κ3) is 2.67. The van der Waals surface area contributed by atoms with Crippen LogP contribution in [-0.2, 0) is 0 Å². The van der Waals surface area contributed by atoms with Gasteiger partial charge in [0.2, 0.25) is 0 Å². The molecule has 76 valence electrons. The normalized spacial score (nSPS) is 8.50. The van der Waals surface area contributed by atoms with E-state index in [9.17, 15) is 0 Å². The van der Waals surface area contributed by atoms with Gasteiger partial charge in [-0.25, -0.2) is 9.97 Å². The fourth-order valence-electron chi connectivity index (χ4n) is 0.972. The molecular formula is C11H15ClN2. The van der Waals surface area contributed by atoms with Crippen molar-refractivity contribution in [2.24, 2.45) is 0 Å². The Balaban J connectivity index is 0.000000531. The van der Waals surface area contributed by atoms with Crippen molar-refractivity contribution in [1.29, 1.82) is 0 Å². The van der Waals surface area contributed by atoms with Gasteiger partial charge in [0.1, 0.15) is 11.5 Å².